The van der Waals surface area contributed by atoms with E-state index in [1.54, 1.807) is 12.1 Å². The first-order valence-electron chi connectivity index (χ1n) is 6.63. The molecule has 0 atom stereocenters. The normalized spacial score (nSPS) is 12.0. The van der Waals surface area contributed by atoms with E-state index in [0.717, 1.165) is 5.39 Å². The summed E-state index contributed by atoms with van der Waals surface area (Å²) in [5.74, 6) is 0.157. The lowest BCUT2D eigenvalue weighted by molar-refractivity contribution is 0.463. The van der Waals surface area contributed by atoms with Crippen LogP contribution in [0.5, 0.6) is 5.75 Å². The van der Waals surface area contributed by atoms with Gasteiger partial charge in [0.05, 0.1) is 16.3 Å². The molecule has 0 aliphatic rings. The molecule has 0 heterocycles. The monoisotopic (exact) mass is 327 g/mol. The van der Waals surface area contributed by atoms with Gasteiger partial charge < -0.3 is 9.66 Å². The maximum atomic E-state index is 10.9. The van der Waals surface area contributed by atoms with Crippen LogP contribution in [0.2, 0.25) is 0 Å². The van der Waals surface area contributed by atoms with Gasteiger partial charge in [0.15, 0.2) is 0 Å². The second-order valence-electron chi connectivity index (χ2n) is 4.80. The van der Waals surface area contributed by atoms with E-state index in [4.69, 9.17) is 0 Å². The zero-order valence-corrected chi connectivity index (χ0v) is 12.6. The summed E-state index contributed by atoms with van der Waals surface area (Å²) in [5.41, 5.74) is 0.980. The highest BCUT2D eigenvalue weighted by atomic mass is 32.2. The summed E-state index contributed by atoms with van der Waals surface area (Å²) in [7, 11) is -4.47. The van der Waals surface area contributed by atoms with E-state index >= 15 is 0 Å². The van der Waals surface area contributed by atoms with Crippen LogP contribution >= 0.6 is 0 Å². The Kier molecular flexibility index (Phi) is 3.81. The summed E-state index contributed by atoms with van der Waals surface area (Å²) < 4.78 is 32.6. The molecule has 3 aromatic carbocycles. The van der Waals surface area contributed by atoms with Crippen molar-refractivity contribution in [3.8, 4) is 5.75 Å². The number of hydrogen-bond donors (Lipinski definition) is 1. The molecular weight excluding hydrogens is 316 g/mol. The molecule has 116 valence electrons. The van der Waals surface area contributed by atoms with E-state index in [1.807, 2.05) is 18.2 Å². The van der Waals surface area contributed by atoms with Gasteiger partial charge in [-0.1, -0.05) is 24.3 Å². The van der Waals surface area contributed by atoms with E-state index in [-0.39, 0.29) is 10.6 Å². The van der Waals surface area contributed by atoms with Crippen LogP contribution in [0.15, 0.2) is 75.8 Å². The summed E-state index contributed by atoms with van der Waals surface area (Å²) in [6.45, 7) is 0. The first-order valence-corrected chi connectivity index (χ1v) is 8.04. The third-order valence-electron chi connectivity index (χ3n) is 3.28. The van der Waals surface area contributed by atoms with Gasteiger partial charge in [0.25, 0.3) is 0 Å². The molecule has 3 rings (SSSR count). The smallest absolute Gasteiger partial charge is 0.124 e. The molecule has 0 radical (unpaired) electrons. The lowest BCUT2D eigenvalue weighted by Crippen LogP contribution is -1.97. The molecule has 0 amide bonds. The summed E-state index contributed by atoms with van der Waals surface area (Å²) in [6.07, 6.45) is 0. The van der Waals surface area contributed by atoms with E-state index in [2.05, 4.69) is 10.2 Å². The molecule has 6 nitrogen and oxygen atoms in total. The largest absolute Gasteiger partial charge is 0.744 e. The van der Waals surface area contributed by atoms with Crippen LogP contribution in [-0.2, 0) is 10.1 Å². The average molecular weight is 327 g/mol. The Morgan fingerprint density at radius 3 is 2.13 bits per heavy atom. The molecule has 0 spiro atoms. The number of benzene rings is 3. The van der Waals surface area contributed by atoms with Crippen molar-refractivity contribution in [3.05, 3.63) is 60.7 Å². The minimum absolute atomic E-state index is 0.157. The Labute approximate surface area is 132 Å². The van der Waals surface area contributed by atoms with Crippen LogP contribution in [0.3, 0.4) is 0 Å². The van der Waals surface area contributed by atoms with Gasteiger partial charge in [-0.05, 0) is 36.4 Å². The lowest BCUT2D eigenvalue weighted by Gasteiger charge is -2.06. The number of azo groups is 1. The highest BCUT2D eigenvalue weighted by Crippen LogP contribution is 2.33. The van der Waals surface area contributed by atoms with Crippen molar-refractivity contribution in [1.82, 2.24) is 0 Å². The van der Waals surface area contributed by atoms with Crippen molar-refractivity contribution in [3.63, 3.8) is 0 Å². The Morgan fingerprint density at radius 1 is 0.826 bits per heavy atom. The summed E-state index contributed by atoms with van der Waals surface area (Å²) >= 11 is 0. The lowest BCUT2D eigenvalue weighted by atomic mass is 10.1. The summed E-state index contributed by atoms with van der Waals surface area (Å²) in [6, 6.07) is 15.6. The summed E-state index contributed by atoms with van der Waals surface area (Å²) in [5, 5.41) is 19.4. The quantitative estimate of drug-likeness (QED) is 0.582. The van der Waals surface area contributed by atoms with Gasteiger partial charge in [0, 0.05) is 10.8 Å². The zero-order chi connectivity index (χ0) is 16.4. The number of nitrogens with zero attached hydrogens (tertiary/aromatic N) is 2. The highest BCUT2D eigenvalue weighted by Gasteiger charge is 2.04. The number of phenolic OH excluding ortho intramolecular Hbond substituents is 1. The van der Waals surface area contributed by atoms with Crippen molar-refractivity contribution in [2.75, 3.05) is 0 Å². The third kappa shape index (κ3) is 3.20. The molecule has 7 heteroatoms. The fraction of sp³-hybridized carbons (Fsp3) is 0. The highest BCUT2D eigenvalue weighted by molar-refractivity contribution is 7.85. The van der Waals surface area contributed by atoms with E-state index in [1.165, 1.54) is 30.3 Å². The number of rotatable bonds is 3. The number of fused-ring (bicyclic) bond motifs is 1. The fourth-order valence-electron chi connectivity index (χ4n) is 2.15. The first-order chi connectivity index (χ1) is 10.9. The summed E-state index contributed by atoms with van der Waals surface area (Å²) in [4.78, 5) is -0.313. The van der Waals surface area contributed by atoms with Crippen LogP contribution < -0.4 is 0 Å². The third-order valence-corrected chi connectivity index (χ3v) is 4.13. The average Bonchev–Trinajstić information content (AvgIpc) is 2.54. The first kappa shape index (κ1) is 15.1. The Hall–Kier alpha value is -2.77. The molecule has 3 aromatic rings. The van der Waals surface area contributed by atoms with Crippen LogP contribution in [0.4, 0.5) is 11.4 Å². The van der Waals surface area contributed by atoms with Crippen molar-refractivity contribution in [1.29, 1.82) is 0 Å². The standard InChI is InChI=1S/C16H12N2O4S/c19-16-10-9-15(13-3-1-2-4-14(13)16)18-17-11-5-7-12(8-6-11)23(20,21)22/h1-10,19H,(H,20,21,22)/p-1. The Morgan fingerprint density at radius 2 is 1.48 bits per heavy atom. The zero-order valence-electron chi connectivity index (χ0n) is 11.7. The van der Waals surface area contributed by atoms with Crippen molar-refractivity contribution in [2.24, 2.45) is 10.2 Å². The molecule has 0 aliphatic carbocycles. The van der Waals surface area contributed by atoms with Gasteiger partial charge in [0.1, 0.15) is 15.9 Å². The predicted octanol–water partition coefficient (Wildman–Crippen LogP) is 3.86. The van der Waals surface area contributed by atoms with Crippen LogP contribution in [0.25, 0.3) is 10.8 Å². The number of phenols is 1. The minimum atomic E-state index is -4.47. The van der Waals surface area contributed by atoms with E-state index in [9.17, 15) is 18.1 Å². The second kappa shape index (κ2) is 5.79. The van der Waals surface area contributed by atoms with Gasteiger partial charge >= 0.3 is 0 Å². The van der Waals surface area contributed by atoms with Crippen LogP contribution in [0, 0.1) is 0 Å². The Bertz CT molecular complexity index is 996. The number of aromatic hydroxyl groups is 1. The maximum Gasteiger partial charge on any atom is 0.124 e. The van der Waals surface area contributed by atoms with Crippen molar-refractivity contribution < 1.29 is 18.1 Å². The van der Waals surface area contributed by atoms with Gasteiger partial charge in [-0.15, -0.1) is 5.11 Å². The van der Waals surface area contributed by atoms with Gasteiger partial charge in [-0.2, -0.15) is 5.11 Å². The molecule has 0 unspecified atom stereocenters. The van der Waals surface area contributed by atoms with Gasteiger partial charge in [-0.25, -0.2) is 8.42 Å². The molecule has 0 bridgehead atoms. The molecule has 0 aromatic heterocycles. The maximum absolute atomic E-state index is 10.9. The topological polar surface area (TPSA) is 102 Å². The van der Waals surface area contributed by atoms with E-state index < -0.39 is 10.1 Å². The van der Waals surface area contributed by atoms with Gasteiger partial charge in [0.2, 0.25) is 0 Å². The van der Waals surface area contributed by atoms with Crippen molar-refractivity contribution in [2.45, 2.75) is 4.90 Å². The molecule has 0 fully saturated rings. The van der Waals surface area contributed by atoms with Gasteiger partial charge in [-0.3, -0.25) is 0 Å². The second-order valence-corrected chi connectivity index (χ2v) is 6.18. The predicted molar refractivity (Wildman–Crippen MR) is 84.2 cm³/mol. The number of hydrogen-bond acceptors (Lipinski definition) is 6. The fourth-order valence-corrected chi connectivity index (χ4v) is 2.61. The molecule has 23 heavy (non-hydrogen) atoms. The van der Waals surface area contributed by atoms with Crippen molar-refractivity contribution >= 4 is 32.3 Å². The minimum Gasteiger partial charge on any atom is -0.744 e. The Balaban J connectivity index is 1.96. The molecule has 0 saturated carbocycles. The molecule has 0 aliphatic heterocycles. The van der Waals surface area contributed by atoms with Crippen LogP contribution in [-0.4, -0.2) is 18.1 Å². The van der Waals surface area contributed by atoms with Crippen LogP contribution in [0.1, 0.15) is 0 Å². The van der Waals surface area contributed by atoms with E-state index in [0.29, 0.717) is 16.8 Å². The SMILES string of the molecule is O=S(=O)([O-])c1ccc(N=Nc2ccc(O)c3ccccc23)cc1. The molecular formula is C16H11N2O4S-. The molecule has 0 saturated heterocycles. The molecule has 1 N–H and O–H groups in total.